The van der Waals surface area contributed by atoms with Crippen molar-refractivity contribution in [1.82, 2.24) is 15.1 Å². The van der Waals surface area contributed by atoms with E-state index in [1.807, 2.05) is 0 Å². The minimum Gasteiger partial charge on any atom is -0.353 e. The molecule has 1 amide bonds. The van der Waals surface area contributed by atoms with E-state index in [1.165, 1.54) is 32.2 Å². The van der Waals surface area contributed by atoms with Gasteiger partial charge in [0.2, 0.25) is 5.91 Å². The Balaban J connectivity index is 1.49. The van der Waals surface area contributed by atoms with Gasteiger partial charge in [-0.15, -0.1) is 0 Å². The fourth-order valence-electron chi connectivity index (χ4n) is 2.68. The summed E-state index contributed by atoms with van der Waals surface area (Å²) in [6.07, 6.45) is 6.67. The molecule has 1 saturated carbocycles. The molecule has 1 aliphatic heterocycles. The molecule has 0 bridgehead atoms. The normalized spacial score (nSPS) is 21.1. The summed E-state index contributed by atoms with van der Waals surface area (Å²) in [5.41, 5.74) is 5.50. The van der Waals surface area contributed by atoms with Crippen LogP contribution in [0.3, 0.4) is 0 Å². The number of rotatable bonds is 9. The Morgan fingerprint density at radius 2 is 1.65 bits per heavy atom. The number of nitrogens with zero attached hydrogens (tertiary/aromatic N) is 2. The predicted octanol–water partition coefficient (Wildman–Crippen LogP) is 0.402. The molecule has 0 atom stereocenters. The number of hydrogen-bond donors (Lipinski definition) is 2. The highest BCUT2D eigenvalue weighted by atomic mass is 16.1. The number of nitrogens with two attached hydrogens (primary N) is 1. The Bertz CT molecular complexity index is 286. The molecule has 0 spiro atoms. The van der Waals surface area contributed by atoms with Crippen LogP contribution in [0.25, 0.3) is 0 Å². The van der Waals surface area contributed by atoms with Gasteiger partial charge in [-0.25, -0.2) is 0 Å². The minimum absolute atomic E-state index is 0.233. The second-order valence-electron chi connectivity index (χ2n) is 6.12. The van der Waals surface area contributed by atoms with E-state index >= 15 is 0 Å². The predicted molar refractivity (Wildman–Crippen MR) is 81.6 cm³/mol. The zero-order chi connectivity index (χ0) is 14.2. The molecule has 20 heavy (non-hydrogen) atoms. The number of piperazine rings is 1. The lowest BCUT2D eigenvalue weighted by molar-refractivity contribution is -0.121. The van der Waals surface area contributed by atoms with Gasteiger partial charge in [-0.05, 0) is 38.8 Å². The van der Waals surface area contributed by atoms with E-state index < -0.39 is 0 Å². The van der Waals surface area contributed by atoms with Crippen molar-refractivity contribution in [3.8, 4) is 0 Å². The van der Waals surface area contributed by atoms with Crippen LogP contribution in [0, 0.1) is 0 Å². The van der Waals surface area contributed by atoms with E-state index in [9.17, 15) is 4.79 Å². The van der Waals surface area contributed by atoms with Gasteiger partial charge in [0.25, 0.3) is 0 Å². The number of carbonyl (C=O) groups excluding carboxylic acids is 1. The lowest BCUT2D eigenvalue weighted by Gasteiger charge is -2.34. The van der Waals surface area contributed by atoms with Crippen LogP contribution in [-0.2, 0) is 4.79 Å². The highest BCUT2D eigenvalue weighted by molar-refractivity contribution is 5.76. The third-order valence-electron chi connectivity index (χ3n) is 4.24. The van der Waals surface area contributed by atoms with Gasteiger partial charge in [0, 0.05) is 45.2 Å². The maximum atomic E-state index is 11.6. The van der Waals surface area contributed by atoms with Crippen molar-refractivity contribution in [2.75, 3.05) is 45.8 Å². The fraction of sp³-hybridized carbons (Fsp3) is 0.933. The van der Waals surface area contributed by atoms with E-state index in [1.54, 1.807) is 0 Å². The molecular formula is C15H30N4O. The summed E-state index contributed by atoms with van der Waals surface area (Å²) >= 11 is 0. The number of carbonyl (C=O) groups is 1. The fourth-order valence-corrected chi connectivity index (χ4v) is 2.68. The molecule has 1 heterocycles. The van der Waals surface area contributed by atoms with Gasteiger partial charge >= 0.3 is 0 Å². The van der Waals surface area contributed by atoms with Crippen molar-refractivity contribution in [3.63, 3.8) is 0 Å². The van der Waals surface area contributed by atoms with Crippen LogP contribution in [0.4, 0.5) is 0 Å². The first kappa shape index (κ1) is 15.7. The maximum absolute atomic E-state index is 11.6. The second kappa shape index (κ2) is 8.60. The van der Waals surface area contributed by atoms with E-state index in [0.29, 0.717) is 12.5 Å². The first-order valence-corrected chi connectivity index (χ1v) is 8.22. The third kappa shape index (κ3) is 6.20. The van der Waals surface area contributed by atoms with Crippen molar-refractivity contribution in [2.24, 2.45) is 5.73 Å². The quantitative estimate of drug-likeness (QED) is 0.601. The molecule has 0 aromatic rings. The molecule has 0 unspecified atom stereocenters. The minimum atomic E-state index is 0.233. The zero-order valence-corrected chi connectivity index (χ0v) is 12.6. The van der Waals surface area contributed by atoms with Gasteiger partial charge in [0.1, 0.15) is 0 Å². The average molecular weight is 282 g/mol. The molecule has 5 heteroatoms. The van der Waals surface area contributed by atoms with Crippen molar-refractivity contribution in [3.05, 3.63) is 0 Å². The SMILES string of the molecule is NCCCCCN1CCN(CCC(=O)NC2CC2)CC1. The Hall–Kier alpha value is -0.650. The summed E-state index contributed by atoms with van der Waals surface area (Å²) in [7, 11) is 0. The average Bonchev–Trinajstić information content (AvgIpc) is 3.26. The zero-order valence-electron chi connectivity index (χ0n) is 12.6. The topological polar surface area (TPSA) is 61.6 Å². The summed E-state index contributed by atoms with van der Waals surface area (Å²) in [4.78, 5) is 16.6. The molecular weight excluding hydrogens is 252 g/mol. The van der Waals surface area contributed by atoms with Gasteiger partial charge in [-0.2, -0.15) is 0 Å². The second-order valence-corrected chi connectivity index (χ2v) is 6.12. The standard InChI is InChI=1S/C15H30N4O/c16-7-2-1-3-8-18-10-12-19(13-11-18)9-6-15(20)17-14-4-5-14/h14H,1-13,16H2,(H,17,20). The molecule has 5 nitrogen and oxygen atoms in total. The number of unbranched alkanes of at least 4 members (excludes halogenated alkanes) is 2. The van der Waals surface area contributed by atoms with Gasteiger partial charge in [0.15, 0.2) is 0 Å². The monoisotopic (exact) mass is 282 g/mol. The molecule has 2 fully saturated rings. The summed E-state index contributed by atoms with van der Waals surface area (Å²) in [5.74, 6) is 0.233. The number of amides is 1. The van der Waals surface area contributed by atoms with Crippen LogP contribution in [-0.4, -0.2) is 67.6 Å². The van der Waals surface area contributed by atoms with Crippen LogP contribution < -0.4 is 11.1 Å². The molecule has 2 rings (SSSR count). The Labute approximate surface area is 122 Å². The molecule has 0 aromatic carbocycles. The van der Waals surface area contributed by atoms with Crippen LogP contribution in [0.5, 0.6) is 0 Å². The lowest BCUT2D eigenvalue weighted by atomic mass is 10.2. The summed E-state index contributed by atoms with van der Waals surface area (Å²) in [6.45, 7) is 7.44. The van der Waals surface area contributed by atoms with Gasteiger partial charge < -0.3 is 20.9 Å². The summed E-state index contributed by atoms with van der Waals surface area (Å²) in [6, 6.07) is 0.493. The van der Waals surface area contributed by atoms with Gasteiger partial charge in [-0.3, -0.25) is 4.79 Å². The van der Waals surface area contributed by atoms with E-state index in [4.69, 9.17) is 5.73 Å². The molecule has 116 valence electrons. The summed E-state index contributed by atoms with van der Waals surface area (Å²) < 4.78 is 0. The van der Waals surface area contributed by atoms with E-state index in [-0.39, 0.29) is 5.91 Å². The van der Waals surface area contributed by atoms with Crippen LogP contribution in [0.2, 0.25) is 0 Å². The van der Waals surface area contributed by atoms with E-state index in [0.717, 1.165) is 45.7 Å². The number of nitrogens with one attached hydrogen (secondary N) is 1. The Morgan fingerprint density at radius 1 is 1.00 bits per heavy atom. The van der Waals surface area contributed by atoms with Crippen LogP contribution >= 0.6 is 0 Å². The first-order chi connectivity index (χ1) is 9.78. The lowest BCUT2D eigenvalue weighted by Crippen LogP contribution is -2.47. The maximum Gasteiger partial charge on any atom is 0.221 e. The molecule has 0 radical (unpaired) electrons. The van der Waals surface area contributed by atoms with Crippen molar-refractivity contribution in [2.45, 2.75) is 44.6 Å². The van der Waals surface area contributed by atoms with Crippen molar-refractivity contribution < 1.29 is 4.79 Å². The Morgan fingerprint density at radius 3 is 2.25 bits per heavy atom. The molecule has 3 N–H and O–H groups in total. The molecule has 2 aliphatic rings. The molecule has 1 aliphatic carbocycles. The smallest absolute Gasteiger partial charge is 0.221 e. The number of hydrogen-bond acceptors (Lipinski definition) is 4. The highest BCUT2D eigenvalue weighted by Crippen LogP contribution is 2.18. The van der Waals surface area contributed by atoms with E-state index in [2.05, 4.69) is 15.1 Å². The van der Waals surface area contributed by atoms with Gasteiger partial charge in [0.05, 0.1) is 0 Å². The Kier molecular flexibility index (Phi) is 6.76. The van der Waals surface area contributed by atoms with Crippen molar-refractivity contribution >= 4 is 5.91 Å². The molecule has 0 aromatic heterocycles. The summed E-state index contributed by atoms with van der Waals surface area (Å²) in [5, 5.41) is 3.06. The van der Waals surface area contributed by atoms with Crippen LogP contribution in [0.15, 0.2) is 0 Å². The highest BCUT2D eigenvalue weighted by Gasteiger charge is 2.23. The largest absolute Gasteiger partial charge is 0.353 e. The van der Waals surface area contributed by atoms with Gasteiger partial charge in [-0.1, -0.05) is 6.42 Å². The first-order valence-electron chi connectivity index (χ1n) is 8.22. The van der Waals surface area contributed by atoms with Crippen LogP contribution in [0.1, 0.15) is 38.5 Å². The van der Waals surface area contributed by atoms with Crippen molar-refractivity contribution in [1.29, 1.82) is 0 Å². The third-order valence-corrected chi connectivity index (χ3v) is 4.24. The molecule has 1 saturated heterocycles.